The predicted molar refractivity (Wildman–Crippen MR) is 72.6 cm³/mol. The first-order chi connectivity index (χ1) is 8.27. The summed E-state index contributed by atoms with van der Waals surface area (Å²) in [6, 6.07) is 4.69. The van der Waals surface area contributed by atoms with Crippen LogP contribution in [0.2, 0.25) is 0 Å². The normalized spacial score (nSPS) is 12.8. The van der Waals surface area contributed by atoms with Crippen LogP contribution in [0.25, 0.3) is 0 Å². The average molecular weight is 337 g/mol. The minimum absolute atomic E-state index is 0.217. The highest BCUT2D eigenvalue weighted by molar-refractivity contribution is 9.10. The fraction of sp³-hybridized carbons (Fsp3) is 0.300. The van der Waals surface area contributed by atoms with Gasteiger partial charge in [0.15, 0.2) is 5.25 Å². The van der Waals surface area contributed by atoms with Crippen molar-refractivity contribution in [2.45, 2.75) is 12.2 Å². The lowest BCUT2D eigenvalue weighted by atomic mass is 10.3. The zero-order valence-electron chi connectivity index (χ0n) is 9.81. The Labute approximate surface area is 114 Å². The molecule has 0 aliphatic rings. The van der Waals surface area contributed by atoms with E-state index < -0.39 is 21.2 Å². The molecule has 3 N–H and O–H groups in total. The molecule has 0 aromatic heterocycles. The molecule has 0 radical (unpaired) electrons. The maximum absolute atomic E-state index is 11.9. The summed E-state index contributed by atoms with van der Waals surface area (Å²) >= 11 is 3.21. The lowest BCUT2D eigenvalue weighted by molar-refractivity contribution is -0.139. The Kier molecular flexibility index (Phi) is 4.58. The van der Waals surface area contributed by atoms with Crippen molar-refractivity contribution in [2.75, 3.05) is 17.6 Å². The topological polar surface area (TPSA) is 98.5 Å². The number of anilines is 2. The highest BCUT2D eigenvalue weighted by atomic mass is 79.9. The number of esters is 1. The molecule has 100 valence electrons. The van der Waals surface area contributed by atoms with Crippen molar-refractivity contribution < 1.29 is 17.9 Å². The molecule has 18 heavy (non-hydrogen) atoms. The molecule has 0 aliphatic heterocycles. The summed E-state index contributed by atoms with van der Waals surface area (Å²) in [6.07, 6.45) is 0. The molecule has 0 saturated heterocycles. The molecular formula is C10H13BrN2O4S. The maximum Gasteiger partial charge on any atom is 0.325 e. The fourth-order valence-corrected chi connectivity index (χ4v) is 2.56. The number of carbonyl (C=O) groups is 1. The average Bonchev–Trinajstić information content (AvgIpc) is 2.30. The standard InChI is InChI=1S/C10H13BrN2O4S/c1-6(10(14)17-2)18(15,16)13-9-4-3-7(11)5-8(9)12/h3-6,13H,12H2,1-2H3. The van der Waals surface area contributed by atoms with Gasteiger partial charge in [0.2, 0.25) is 10.0 Å². The molecule has 0 spiro atoms. The van der Waals surface area contributed by atoms with Gasteiger partial charge >= 0.3 is 5.97 Å². The number of nitrogen functional groups attached to an aromatic ring is 1. The van der Waals surface area contributed by atoms with Crippen LogP contribution in [0.4, 0.5) is 11.4 Å². The van der Waals surface area contributed by atoms with Crippen LogP contribution >= 0.6 is 15.9 Å². The van der Waals surface area contributed by atoms with Gasteiger partial charge in [0.05, 0.1) is 18.5 Å². The Hall–Kier alpha value is -1.28. The van der Waals surface area contributed by atoms with E-state index in [-0.39, 0.29) is 11.4 Å². The second-order valence-electron chi connectivity index (χ2n) is 3.54. The molecule has 1 rings (SSSR count). The van der Waals surface area contributed by atoms with E-state index in [1.54, 1.807) is 12.1 Å². The molecule has 0 bridgehead atoms. The molecule has 1 aromatic rings. The number of nitrogens with two attached hydrogens (primary N) is 1. The van der Waals surface area contributed by atoms with Crippen LogP contribution in [0.3, 0.4) is 0 Å². The molecule has 1 aromatic carbocycles. The van der Waals surface area contributed by atoms with Crippen molar-refractivity contribution in [3.05, 3.63) is 22.7 Å². The number of sulfonamides is 1. The lowest BCUT2D eigenvalue weighted by Crippen LogP contribution is -2.33. The third kappa shape index (κ3) is 3.36. The molecule has 0 fully saturated rings. The zero-order chi connectivity index (χ0) is 13.9. The third-order valence-corrected chi connectivity index (χ3v) is 4.39. The Morgan fingerprint density at radius 3 is 2.61 bits per heavy atom. The van der Waals surface area contributed by atoms with Gasteiger partial charge in [-0.05, 0) is 25.1 Å². The molecular weight excluding hydrogens is 324 g/mol. The minimum atomic E-state index is -3.88. The fourth-order valence-electron chi connectivity index (χ4n) is 1.16. The van der Waals surface area contributed by atoms with Gasteiger partial charge in [0.25, 0.3) is 0 Å². The Morgan fingerprint density at radius 1 is 1.50 bits per heavy atom. The maximum atomic E-state index is 11.9. The number of rotatable bonds is 4. The van der Waals surface area contributed by atoms with Crippen LogP contribution < -0.4 is 10.5 Å². The smallest absolute Gasteiger partial charge is 0.325 e. The predicted octanol–water partition coefficient (Wildman–Crippen LogP) is 1.33. The van der Waals surface area contributed by atoms with Crippen LogP contribution in [0.15, 0.2) is 22.7 Å². The summed E-state index contributed by atoms with van der Waals surface area (Å²) in [7, 11) is -2.75. The van der Waals surface area contributed by atoms with Crippen LogP contribution in [-0.4, -0.2) is 26.7 Å². The van der Waals surface area contributed by atoms with Gasteiger partial charge < -0.3 is 10.5 Å². The van der Waals surface area contributed by atoms with E-state index in [1.165, 1.54) is 13.0 Å². The Morgan fingerprint density at radius 2 is 2.11 bits per heavy atom. The summed E-state index contributed by atoms with van der Waals surface area (Å²) in [4.78, 5) is 11.2. The number of carbonyl (C=O) groups excluding carboxylic acids is 1. The molecule has 1 unspecified atom stereocenters. The minimum Gasteiger partial charge on any atom is -0.468 e. The number of ether oxygens (including phenoxy) is 1. The first-order valence-corrected chi connectivity index (χ1v) is 7.26. The quantitative estimate of drug-likeness (QED) is 0.638. The zero-order valence-corrected chi connectivity index (χ0v) is 12.2. The Balaban J connectivity index is 2.99. The second kappa shape index (κ2) is 5.57. The molecule has 0 amide bonds. The van der Waals surface area contributed by atoms with Gasteiger partial charge in [-0.1, -0.05) is 15.9 Å². The van der Waals surface area contributed by atoms with Gasteiger partial charge in [-0.25, -0.2) is 8.42 Å². The van der Waals surface area contributed by atoms with Crippen molar-refractivity contribution >= 4 is 43.3 Å². The monoisotopic (exact) mass is 336 g/mol. The molecule has 8 heteroatoms. The van der Waals surface area contributed by atoms with Crippen LogP contribution in [-0.2, 0) is 19.6 Å². The number of halogens is 1. The SMILES string of the molecule is COC(=O)C(C)S(=O)(=O)Nc1ccc(Br)cc1N. The van der Waals surface area contributed by atoms with Crippen LogP contribution in [0, 0.1) is 0 Å². The van der Waals surface area contributed by atoms with Crippen LogP contribution in [0.5, 0.6) is 0 Å². The molecule has 0 aliphatic carbocycles. The van der Waals surface area contributed by atoms with Gasteiger partial charge in [-0.2, -0.15) is 0 Å². The lowest BCUT2D eigenvalue weighted by Gasteiger charge is -2.14. The molecule has 1 atom stereocenters. The third-order valence-electron chi connectivity index (χ3n) is 2.26. The summed E-state index contributed by atoms with van der Waals surface area (Å²) in [6.45, 7) is 1.24. The molecule has 0 heterocycles. The van der Waals surface area contributed by atoms with Gasteiger partial charge in [-0.15, -0.1) is 0 Å². The summed E-state index contributed by atoms with van der Waals surface area (Å²) in [5.41, 5.74) is 6.14. The highest BCUT2D eigenvalue weighted by Crippen LogP contribution is 2.24. The van der Waals surface area contributed by atoms with Gasteiger partial charge in [-0.3, -0.25) is 9.52 Å². The summed E-state index contributed by atoms with van der Waals surface area (Å²) in [5, 5.41) is -1.31. The van der Waals surface area contributed by atoms with E-state index in [1.807, 2.05) is 0 Å². The number of methoxy groups -OCH3 is 1. The van der Waals surface area contributed by atoms with Gasteiger partial charge in [0.1, 0.15) is 0 Å². The van der Waals surface area contributed by atoms with Crippen molar-refractivity contribution in [3.8, 4) is 0 Å². The number of hydrogen-bond donors (Lipinski definition) is 2. The molecule has 0 saturated carbocycles. The number of hydrogen-bond acceptors (Lipinski definition) is 5. The number of nitrogens with one attached hydrogen (secondary N) is 1. The summed E-state index contributed by atoms with van der Waals surface area (Å²) < 4.78 is 31.1. The Bertz CT molecular complexity index is 559. The van der Waals surface area contributed by atoms with Gasteiger partial charge in [0, 0.05) is 4.47 Å². The van der Waals surface area contributed by atoms with Crippen molar-refractivity contribution in [1.82, 2.24) is 0 Å². The van der Waals surface area contributed by atoms with E-state index in [9.17, 15) is 13.2 Å². The van der Waals surface area contributed by atoms with E-state index in [2.05, 4.69) is 25.4 Å². The van der Waals surface area contributed by atoms with E-state index >= 15 is 0 Å². The van der Waals surface area contributed by atoms with E-state index in [4.69, 9.17) is 5.73 Å². The second-order valence-corrected chi connectivity index (χ2v) is 6.46. The molecule has 6 nitrogen and oxygen atoms in total. The largest absolute Gasteiger partial charge is 0.468 e. The van der Waals surface area contributed by atoms with E-state index in [0.717, 1.165) is 11.6 Å². The first-order valence-electron chi connectivity index (χ1n) is 4.92. The van der Waals surface area contributed by atoms with Crippen molar-refractivity contribution in [1.29, 1.82) is 0 Å². The van der Waals surface area contributed by atoms with E-state index in [0.29, 0.717) is 0 Å². The summed E-state index contributed by atoms with van der Waals surface area (Å²) in [5.74, 6) is -0.835. The van der Waals surface area contributed by atoms with Crippen molar-refractivity contribution in [2.24, 2.45) is 0 Å². The highest BCUT2D eigenvalue weighted by Gasteiger charge is 2.29. The number of benzene rings is 1. The van der Waals surface area contributed by atoms with Crippen LogP contribution in [0.1, 0.15) is 6.92 Å². The first kappa shape index (κ1) is 14.8. The van der Waals surface area contributed by atoms with Crippen molar-refractivity contribution in [3.63, 3.8) is 0 Å².